The van der Waals surface area contributed by atoms with Gasteiger partial charge in [-0.15, -0.1) is 0 Å². The number of carboxylic acid groups (broad SMARTS) is 1. The lowest BCUT2D eigenvalue weighted by atomic mass is 9.92. The van der Waals surface area contributed by atoms with E-state index < -0.39 is 5.97 Å². The summed E-state index contributed by atoms with van der Waals surface area (Å²) >= 11 is 0. The molecular weight excluding hydrogens is 328 g/mol. The van der Waals surface area contributed by atoms with Crippen molar-refractivity contribution in [2.45, 2.75) is 45.4 Å². The molecule has 5 heteroatoms. The zero-order chi connectivity index (χ0) is 18.3. The second-order valence-corrected chi connectivity index (χ2v) is 7.08. The Kier molecular flexibility index (Phi) is 4.15. The highest BCUT2D eigenvalue weighted by Gasteiger charge is 2.27. The Morgan fingerprint density at radius 3 is 2.88 bits per heavy atom. The minimum atomic E-state index is -0.797. The Morgan fingerprint density at radius 1 is 1.27 bits per heavy atom. The van der Waals surface area contributed by atoms with Crippen molar-refractivity contribution >= 4 is 29.2 Å². The third-order valence-corrected chi connectivity index (χ3v) is 5.36. The van der Waals surface area contributed by atoms with E-state index in [-0.39, 0.29) is 12.3 Å². The number of amides is 1. The number of rotatable bonds is 4. The van der Waals surface area contributed by atoms with Crippen LogP contribution in [0.5, 0.6) is 0 Å². The summed E-state index contributed by atoms with van der Waals surface area (Å²) in [6.07, 6.45) is 6.73. The molecule has 2 aromatic rings. The number of nitrogens with one attached hydrogen (secondary N) is 2. The number of anilines is 1. The van der Waals surface area contributed by atoms with Crippen LogP contribution in [0.25, 0.3) is 11.6 Å². The van der Waals surface area contributed by atoms with E-state index in [0.29, 0.717) is 12.0 Å². The van der Waals surface area contributed by atoms with Crippen molar-refractivity contribution in [3.05, 3.63) is 51.8 Å². The van der Waals surface area contributed by atoms with Crippen LogP contribution in [-0.2, 0) is 28.9 Å². The highest BCUT2D eigenvalue weighted by Crippen LogP contribution is 2.37. The van der Waals surface area contributed by atoms with E-state index >= 15 is 0 Å². The first kappa shape index (κ1) is 16.6. The molecule has 5 nitrogen and oxygen atoms in total. The van der Waals surface area contributed by atoms with Crippen LogP contribution in [-0.4, -0.2) is 22.0 Å². The number of benzene rings is 1. The van der Waals surface area contributed by atoms with Gasteiger partial charge >= 0.3 is 5.97 Å². The zero-order valence-electron chi connectivity index (χ0n) is 14.8. The van der Waals surface area contributed by atoms with Crippen molar-refractivity contribution < 1.29 is 14.7 Å². The fraction of sp³-hybridized carbons (Fsp3) is 0.333. The van der Waals surface area contributed by atoms with Crippen molar-refractivity contribution in [2.75, 3.05) is 5.32 Å². The second kappa shape index (κ2) is 6.48. The molecule has 0 fully saturated rings. The standard InChI is InChI=1S/C21H22N2O3/c1-12-5-4-8-17-20(12)15(21(26)23-17)11-18-14(9-10-19(24)25)13-6-2-3-7-16(13)22-18/h4-5,8,11,22H,2-3,6-7,9-10H2,1H3,(H,23,26)(H,24,25)/b15-11-. The van der Waals surface area contributed by atoms with E-state index in [2.05, 4.69) is 10.3 Å². The molecule has 2 aliphatic rings. The summed E-state index contributed by atoms with van der Waals surface area (Å²) in [6, 6.07) is 5.84. The maximum Gasteiger partial charge on any atom is 0.303 e. The maximum absolute atomic E-state index is 12.5. The van der Waals surface area contributed by atoms with Crippen LogP contribution in [0.4, 0.5) is 5.69 Å². The number of aliphatic carboxylic acids is 1. The van der Waals surface area contributed by atoms with Gasteiger partial charge in [0, 0.05) is 29.1 Å². The number of fused-ring (bicyclic) bond motifs is 2. The van der Waals surface area contributed by atoms with Crippen LogP contribution in [0.3, 0.4) is 0 Å². The van der Waals surface area contributed by atoms with Gasteiger partial charge in [-0.25, -0.2) is 0 Å². The van der Waals surface area contributed by atoms with Gasteiger partial charge in [-0.1, -0.05) is 12.1 Å². The van der Waals surface area contributed by atoms with E-state index in [1.165, 1.54) is 11.3 Å². The zero-order valence-corrected chi connectivity index (χ0v) is 14.8. The predicted octanol–water partition coefficient (Wildman–Crippen LogP) is 3.71. The minimum absolute atomic E-state index is 0.0995. The molecule has 4 rings (SSSR count). The lowest BCUT2D eigenvalue weighted by Gasteiger charge is -2.12. The van der Waals surface area contributed by atoms with E-state index in [0.717, 1.165) is 53.8 Å². The van der Waals surface area contributed by atoms with E-state index in [4.69, 9.17) is 5.11 Å². The van der Waals surface area contributed by atoms with Gasteiger partial charge in [0.15, 0.2) is 0 Å². The van der Waals surface area contributed by atoms with Crippen LogP contribution < -0.4 is 5.32 Å². The molecule has 1 aromatic heterocycles. The summed E-state index contributed by atoms with van der Waals surface area (Å²) in [5.74, 6) is -0.903. The van der Waals surface area contributed by atoms with Gasteiger partial charge in [0.05, 0.1) is 5.57 Å². The largest absolute Gasteiger partial charge is 0.481 e. The third-order valence-electron chi connectivity index (χ3n) is 5.36. The fourth-order valence-corrected chi connectivity index (χ4v) is 4.13. The average Bonchev–Trinajstić information content (AvgIpc) is 3.11. The lowest BCUT2D eigenvalue weighted by molar-refractivity contribution is -0.137. The number of hydrogen-bond donors (Lipinski definition) is 3. The number of hydrogen-bond acceptors (Lipinski definition) is 2. The molecule has 1 aliphatic heterocycles. The smallest absolute Gasteiger partial charge is 0.303 e. The summed E-state index contributed by atoms with van der Waals surface area (Å²) in [7, 11) is 0. The number of carbonyl (C=O) groups is 2. The number of H-pyrrole nitrogens is 1. The van der Waals surface area contributed by atoms with E-state index in [1.54, 1.807) is 0 Å². The molecule has 3 N–H and O–H groups in total. The molecule has 0 unspecified atom stereocenters. The van der Waals surface area contributed by atoms with Gasteiger partial charge in [-0.3, -0.25) is 9.59 Å². The molecule has 0 atom stereocenters. The quantitative estimate of drug-likeness (QED) is 0.735. The molecule has 0 saturated carbocycles. The molecule has 1 aliphatic carbocycles. The molecule has 0 radical (unpaired) electrons. The predicted molar refractivity (Wildman–Crippen MR) is 101 cm³/mol. The number of carbonyl (C=O) groups excluding carboxylic acids is 1. The first-order valence-corrected chi connectivity index (χ1v) is 9.12. The molecule has 1 amide bonds. The van der Waals surface area contributed by atoms with Crippen molar-refractivity contribution in [3.63, 3.8) is 0 Å². The summed E-state index contributed by atoms with van der Waals surface area (Å²) in [5, 5.41) is 12.0. The number of carboxylic acids is 1. The molecular formula is C21H22N2O3. The molecule has 1 aromatic carbocycles. The first-order chi connectivity index (χ1) is 12.5. The molecule has 0 bridgehead atoms. The topological polar surface area (TPSA) is 82.2 Å². The van der Waals surface area contributed by atoms with Gasteiger partial charge in [-0.05, 0) is 67.9 Å². The summed E-state index contributed by atoms with van der Waals surface area (Å²) < 4.78 is 0. The number of aryl methyl sites for hydroxylation is 2. The monoisotopic (exact) mass is 350 g/mol. The fourth-order valence-electron chi connectivity index (χ4n) is 4.13. The van der Waals surface area contributed by atoms with Crippen LogP contribution in [0.1, 0.15) is 52.9 Å². The average molecular weight is 350 g/mol. The SMILES string of the molecule is Cc1cccc2c1/C(=C/c1[nH]c3c(c1CCC(=O)O)CCCC3)C(=O)N2. The van der Waals surface area contributed by atoms with Gasteiger partial charge < -0.3 is 15.4 Å². The van der Waals surface area contributed by atoms with Crippen LogP contribution in [0, 0.1) is 6.92 Å². The van der Waals surface area contributed by atoms with Crippen LogP contribution >= 0.6 is 0 Å². The summed E-state index contributed by atoms with van der Waals surface area (Å²) in [5.41, 5.74) is 7.88. The molecule has 26 heavy (non-hydrogen) atoms. The van der Waals surface area contributed by atoms with Crippen molar-refractivity contribution in [3.8, 4) is 0 Å². The van der Waals surface area contributed by atoms with Gasteiger partial charge in [0.1, 0.15) is 0 Å². The van der Waals surface area contributed by atoms with E-state index in [9.17, 15) is 9.59 Å². The second-order valence-electron chi connectivity index (χ2n) is 7.08. The van der Waals surface area contributed by atoms with Crippen molar-refractivity contribution in [1.29, 1.82) is 0 Å². The Balaban J connectivity index is 1.81. The molecule has 134 valence electrons. The Bertz CT molecular complexity index is 937. The Morgan fingerprint density at radius 2 is 2.08 bits per heavy atom. The highest BCUT2D eigenvalue weighted by molar-refractivity contribution is 6.35. The Hall–Kier alpha value is -2.82. The van der Waals surface area contributed by atoms with Gasteiger partial charge in [0.25, 0.3) is 5.91 Å². The highest BCUT2D eigenvalue weighted by atomic mass is 16.4. The summed E-state index contributed by atoms with van der Waals surface area (Å²) in [6.45, 7) is 2.00. The normalized spacial score (nSPS) is 17.1. The first-order valence-electron chi connectivity index (χ1n) is 9.12. The number of aromatic amines is 1. The van der Waals surface area contributed by atoms with Crippen LogP contribution in [0.2, 0.25) is 0 Å². The van der Waals surface area contributed by atoms with Crippen molar-refractivity contribution in [2.24, 2.45) is 0 Å². The molecule has 0 saturated heterocycles. The van der Waals surface area contributed by atoms with E-state index in [1.807, 2.05) is 31.2 Å². The molecule has 2 heterocycles. The maximum atomic E-state index is 12.5. The molecule has 0 spiro atoms. The number of aromatic nitrogens is 1. The third kappa shape index (κ3) is 2.83. The Labute approximate surface area is 152 Å². The van der Waals surface area contributed by atoms with Gasteiger partial charge in [-0.2, -0.15) is 0 Å². The summed E-state index contributed by atoms with van der Waals surface area (Å²) in [4.78, 5) is 27.1. The van der Waals surface area contributed by atoms with Crippen LogP contribution in [0.15, 0.2) is 18.2 Å². The minimum Gasteiger partial charge on any atom is -0.481 e. The van der Waals surface area contributed by atoms with Gasteiger partial charge in [0.2, 0.25) is 0 Å². The lowest BCUT2D eigenvalue weighted by Crippen LogP contribution is -2.05. The van der Waals surface area contributed by atoms with Crippen molar-refractivity contribution in [1.82, 2.24) is 4.98 Å².